The predicted molar refractivity (Wildman–Crippen MR) is 70.3 cm³/mol. The quantitative estimate of drug-likeness (QED) is 0.784. The summed E-state index contributed by atoms with van der Waals surface area (Å²) in [5, 5.41) is 8.96. The first kappa shape index (κ1) is 15.4. The summed E-state index contributed by atoms with van der Waals surface area (Å²) in [5.74, 6) is -0.584. The van der Waals surface area contributed by atoms with Gasteiger partial charge in [0.2, 0.25) is 0 Å². The third-order valence-corrected chi connectivity index (χ3v) is 5.40. The van der Waals surface area contributed by atoms with Gasteiger partial charge in [-0.05, 0) is 32.7 Å². The van der Waals surface area contributed by atoms with E-state index in [-0.39, 0.29) is 23.5 Å². The molecule has 1 fully saturated rings. The predicted octanol–water partition coefficient (Wildman–Crippen LogP) is 0.996. The number of aliphatic carboxylic acids is 1. The van der Waals surface area contributed by atoms with Crippen molar-refractivity contribution in [3.05, 3.63) is 0 Å². The van der Waals surface area contributed by atoms with Crippen molar-refractivity contribution in [1.82, 2.24) is 4.90 Å². The van der Waals surface area contributed by atoms with Crippen LogP contribution in [0.4, 0.5) is 0 Å². The Morgan fingerprint density at radius 2 is 2.06 bits per heavy atom. The van der Waals surface area contributed by atoms with Crippen molar-refractivity contribution in [2.45, 2.75) is 39.2 Å². The van der Waals surface area contributed by atoms with Crippen LogP contribution in [0, 0.1) is 5.92 Å². The van der Waals surface area contributed by atoms with Crippen molar-refractivity contribution in [1.29, 1.82) is 0 Å². The first-order valence-electron chi connectivity index (χ1n) is 6.53. The lowest BCUT2D eigenvalue weighted by Crippen LogP contribution is -2.44. The number of carbonyl (C=O) groups is 1. The molecule has 0 amide bonds. The van der Waals surface area contributed by atoms with Gasteiger partial charge in [-0.3, -0.25) is 9.69 Å². The maximum atomic E-state index is 11.6. The number of likely N-dealkylation sites (tertiary alicyclic amines) is 1. The standard InChI is InChI=1S/C12H23NO4S/c1-3-7-18(16,17)8-6-13-5-4-11(12(14)15)9-10(13)2/h10-11H,3-9H2,1-2H3,(H,14,15). The van der Waals surface area contributed by atoms with Crippen molar-refractivity contribution in [2.24, 2.45) is 5.92 Å². The third-order valence-electron chi connectivity index (χ3n) is 3.57. The maximum absolute atomic E-state index is 11.6. The fraction of sp³-hybridized carbons (Fsp3) is 0.917. The molecule has 1 aliphatic heterocycles. The molecular formula is C12H23NO4S. The van der Waals surface area contributed by atoms with Gasteiger partial charge in [0.05, 0.1) is 11.7 Å². The highest BCUT2D eigenvalue weighted by molar-refractivity contribution is 7.91. The van der Waals surface area contributed by atoms with Crippen LogP contribution in [0.2, 0.25) is 0 Å². The molecule has 0 bridgehead atoms. The fourth-order valence-corrected chi connectivity index (χ4v) is 3.79. The lowest BCUT2D eigenvalue weighted by atomic mass is 9.92. The van der Waals surface area contributed by atoms with Gasteiger partial charge in [0.1, 0.15) is 0 Å². The molecule has 2 unspecified atom stereocenters. The molecule has 5 nitrogen and oxygen atoms in total. The average molecular weight is 277 g/mol. The topological polar surface area (TPSA) is 74.7 Å². The molecule has 1 heterocycles. The fourth-order valence-electron chi connectivity index (χ4n) is 2.45. The van der Waals surface area contributed by atoms with E-state index in [9.17, 15) is 13.2 Å². The summed E-state index contributed by atoms with van der Waals surface area (Å²) in [6.07, 6.45) is 1.88. The van der Waals surface area contributed by atoms with Crippen LogP contribution >= 0.6 is 0 Å². The monoisotopic (exact) mass is 277 g/mol. The molecule has 106 valence electrons. The molecule has 0 aromatic rings. The van der Waals surface area contributed by atoms with Gasteiger partial charge in [-0.1, -0.05) is 6.92 Å². The molecule has 6 heteroatoms. The minimum absolute atomic E-state index is 0.150. The van der Waals surface area contributed by atoms with Crippen LogP contribution in [0.25, 0.3) is 0 Å². The molecule has 1 saturated heterocycles. The zero-order chi connectivity index (χ0) is 13.8. The van der Waals surface area contributed by atoms with Gasteiger partial charge in [-0.15, -0.1) is 0 Å². The summed E-state index contributed by atoms with van der Waals surface area (Å²) in [4.78, 5) is 13.0. The van der Waals surface area contributed by atoms with Gasteiger partial charge >= 0.3 is 5.97 Å². The number of hydrogen-bond acceptors (Lipinski definition) is 4. The molecule has 0 aromatic heterocycles. The van der Waals surface area contributed by atoms with Crippen LogP contribution in [-0.2, 0) is 14.6 Å². The number of carboxylic acid groups (broad SMARTS) is 1. The highest BCUT2D eigenvalue weighted by Gasteiger charge is 2.29. The molecule has 0 aliphatic carbocycles. The van der Waals surface area contributed by atoms with E-state index in [4.69, 9.17) is 5.11 Å². The molecule has 0 radical (unpaired) electrons. The van der Waals surface area contributed by atoms with Crippen LogP contribution in [-0.4, -0.2) is 55.0 Å². The summed E-state index contributed by atoms with van der Waals surface area (Å²) in [7, 11) is -2.94. The number of sulfone groups is 1. The van der Waals surface area contributed by atoms with Crippen LogP contribution in [0.15, 0.2) is 0 Å². The zero-order valence-corrected chi connectivity index (χ0v) is 11.9. The summed E-state index contributed by atoms with van der Waals surface area (Å²) < 4.78 is 23.3. The van der Waals surface area contributed by atoms with E-state index >= 15 is 0 Å². The molecule has 2 atom stereocenters. The Labute approximate surface area is 109 Å². The molecular weight excluding hydrogens is 254 g/mol. The van der Waals surface area contributed by atoms with Crippen molar-refractivity contribution in [2.75, 3.05) is 24.6 Å². The molecule has 0 spiro atoms. The summed E-state index contributed by atoms with van der Waals surface area (Å²) in [6, 6.07) is 0.150. The van der Waals surface area contributed by atoms with E-state index in [0.717, 1.165) is 0 Å². The van der Waals surface area contributed by atoms with Gasteiger partial charge in [0.15, 0.2) is 9.84 Å². The Kier molecular flexibility index (Phi) is 5.59. The van der Waals surface area contributed by atoms with E-state index < -0.39 is 15.8 Å². The SMILES string of the molecule is CCCS(=O)(=O)CCN1CCC(C(=O)O)CC1C. The van der Waals surface area contributed by atoms with Crippen molar-refractivity contribution in [3.8, 4) is 0 Å². The summed E-state index contributed by atoms with van der Waals surface area (Å²) >= 11 is 0. The second kappa shape index (κ2) is 6.52. The van der Waals surface area contributed by atoms with Gasteiger partial charge in [0, 0.05) is 18.3 Å². The molecule has 1 aliphatic rings. The smallest absolute Gasteiger partial charge is 0.306 e. The Hall–Kier alpha value is -0.620. The molecule has 1 rings (SSSR count). The molecule has 0 aromatic carbocycles. The highest BCUT2D eigenvalue weighted by Crippen LogP contribution is 2.22. The first-order chi connectivity index (χ1) is 8.35. The molecule has 1 N–H and O–H groups in total. The largest absolute Gasteiger partial charge is 0.481 e. The van der Waals surface area contributed by atoms with Gasteiger partial charge in [-0.2, -0.15) is 0 Å². The first-order valence-corrected chi connectivity index (χ1v) is 8.35. The Morgan fingerprint density at radius 3 is 2.56 bits per heavy atom. The minimum Gasteiger partial charge on any atom is -0.481 e. The van der Waals surface area contributed by atoms with Crippen LogP contribution < -0.4 is 0 Å². The number of carboxylic acids is 1. The van der Waals surface area contributed by atoms with Crippen molar-refractivity contribution < 1.29 is 18.3 Å². The van der Waals surface area contributed by atoms with Crippen LogP contribution in [0.1, 0.15) is 33.1 Å². The van der Waals surface area contributed by atoms with E-state index in [1.165, 1.54) is 0 Å². The Balaban J connectivity index is 2.43. The third kappa shape index (κ3) is 4.57. The Bertz CT molecular complexity index is 380. The maximum Gasteiger partial charge on any atom is 0.306 e. The number of piperidine rings is 1. The summed E-state index contributed by atoms with van der Waals surface area (Å²) in [5.41, 5.74) is 0. The zero-order valence-electron chi connectivity index (χ0n) is 11.1. The van der Waals surface area contributed by atoms with Crippen LogP contribution in [0.5, 0.6) is 0 Å². The number of nitrogens with zero attached hydrogens (tertiary/aromatic N) is 1. The van der Waals surface area contributed by atoms with Crippen LogP contribution in [0.3, 0.4) is 0 Å². The lowest BCUT2D eigenvalue weighted by molar-refractivity contribution is -0.144. The van der Waals surface area contributed by atoms with E-state index in [2.05, 4.69) is 4.90 Å². The second-order valence-corrected chi connectivity index (χ2v) is 7.40. The lowest BCUT2D eigenvalue weighted by Gasteiger charge is -2.36. The second-order valence-electron chi connectivity index (χ2n) is 5.10. The average Bonchev–Trinajstić information content (AvgIpc) is 2.27. The van der Waals surface area contributed by atoms with Crippen molar-refractivity contribution in [3.63, 3.8) is 0 Å². The summed E-state index contributed by atoms with van der Waals surface area (Å²) in [6.45, 7) is 5.04. The van der Waals surface area contributed by atoms with E-state index in [0.29, 0.717) is 32.4 Å². The van der Waals surface area contributed by atoms with Crippen molar-refractivity contribution >= 4 is 15.8 Å². The normalized spacial score (nSPS) is 26.1. The van der Waals surface area contributed by atoms with E-state index in [1.807, 2.05) is 13.8 Å². The van der Waals surface area contributed by atoms with Gasteiger partial charge in [0.25, 0.3) is 0 Å². The van der Waals surface area contributed by atoms with Gasteiger partial charge < -0.3 is 5.11 Å². The molecule has 18 heavy (non-hydrogen) atoms. The van der Waals surface area contributed by atoms with E-state index in [1.54, 1.807) is 0 Å². The highest BCUT2D eigenvalue weighted by atomic mass is 32.2. The van der Waals surface area contributed by atoms with Gasteiger partial charge in [-0.25, -0.2) is 8.42 Å². The number of hydrogen-bond donors (Lipinski definition) is 1. The molecule has 0 saturated carbocycles. The minimum atomic E-state index is -2.94. The number of rotatable bonds is 6. The Morgan fingerprint density at radius 1 is 1.39 bits per heavy atom.